The second-order valence-electron chi connectivity index (χ2n) is 5.84. The molecule has 0 saturated heterocycles. The van der Waals surface area contributed by atoms with Crippen LogP contribution in [0.5, 0.6) is 0 Å². The number of nitrogens with zero attached hydrogens (tertiary/aromatic N) is 1. The SMILES string of the molecule is COC(=O)c1c(NC(=O)c2ccccc2SC)sc2c1CCN(C)C2. The first kappa shape index (κ1) is 18.0. The Hall–Kier alpha value is -1.83. The third-order valence-corrected chi connectivity index (χ3v) is 6.14. The monoisotopic (exact) mass is 376 g/mol. The lowest BCUT2D eigenvalue weighted by molar-refractivity contribution is 0.0600. The molecule has 0 spiro atoms. The van der Waals surface area contributed by atoms with Gasteiger partial charge in [0.15, 0.2) is 0 Å². The zero-order chi connectivity index (χ0) is 18.0. The Balaban J connectivity index is 1.97. The molecule has 2 aromatic rings. The summed E-state index contributed by atoms with van der Waals surface area (Å²) in [5.41, 5.74) is 2.11. The number of likely N-dealkylation sites (N-methyl/N-ethyl adjacent to an activating group) is 1. The van der Waals surface area contributed by atoms with Crippen molar-refractivity contribution < 1.29 is 14.3 Å². The summed E-state index contributed by atoms with van der Waals surface area (Å²) >= 11 is 2.99. The van der Waals surface area contributed by atoms with Gasteiger partial charge in [0, 0.05) is 22.9 Å². The Morgan fingerprint density at radius 2 is 2.08 bits per heavy atom. The van der Waals surface area contributed by atoms with Gasteiger partial charge in [0.1, 0.15) is 5.00 Å². The topological polar surface area (TPSA) is 58.6 Å². The fraction of sp³-hybridized carbons (Fsp3) is 0.333. The maximum Gasteiger partial charge on any atom is 0.341 e. The molecule has 1 N–H and O–H groups in total. The van der Waals surface area contributed by atoms with E-state index in [1.807, 2.05) is 31.5 Å². The van der Waals surface area contributed by atoms with Gasteiger partial charge >= 0.3 is 5.97 Å². The Morgan fingerprint density at radius 1 is 1.32 bits per heavy atom. The average Bonchev–Trinajstić information content (AvgIpc) is 2.97. The second-order valence-corrected chi connectivity index (χ2v) is 7.79. The maximum atomic E-state index is 12.8. The number of anilines is 1. The van der Waals surface area contributed by atoms with Crippen LogP contribution in [0.2, 0.25) is 0 Å². The van der Waals surface area contributed by atoms with Crippen molar-refractivity contribution in [3.63, 3.8) is 0 Å². The largest absolute Gasteiger partial charge is 0.465 e. The molecule has 1 aromatic carbocycles. The Morgan fingerprint density at radius 3 is 2.80 bits per heavy atom. The van der Waals surface area contributed by atoms with Crippen LogP contribution in [0.4, 0.5) is 5.00 Å². The lowest BCUT2D eigenvalue weighted by atomic mass is 10.0. The van der Waals surface area contributed by atoms with E-state index in [2.05, 4.69) is 10.2 Å². The minimum absolute atomic E-state index is 0.206. The van der Waals surface area contributed by atoms with Gasteiger partial charge < -0.3 is 15.0 Å². The predicted molar refractivity (Wildman–Crippen MR) is 102 cm³/mol. The fourth-order valence-electron chi connectivity index (χ4n) is 2.94. The summed E-state index contributed by atoms with van der Waals surface area (Å²) in [6.07, 6.45) is 2.72. The molecular weight excluding hydrogens is 356 g/mol. The maximum absolute atomic E-state index is 12.8. The van der Waals surface area contributed by atoms with Crippen LogP contribution in [0.1, 0.15) is 31.2 Å². The highest BCUT2D eigenvalue weighted by Gasteiger charge is 2.28. The molecule has 1 amide bonds. The summed E-state index contributed by atoms with van der Waals surface area (Å²) < 4.78 is 4.96. The highest BCUT2D eigenvalue weighted by atomic mass is 32.2. The minimum Gasteiger partial charge on any atom is -0.465 e. The Labute approximate surface area is 155 Å². The normalized spacial score (nSPS) is 14.0. The molecule has 0 saturated carbocycles. The predicted octanol–water partition coefficient (Wildman–Crippen LogP) is 3.50. The number of thioether (sulfide) groups is 1. The van der Waals surface area contributed by atoms with Gasteiger partial charge in [-0.05, 0) is 37.4 Å². The van der Waals surface area contributed by atoms with E-state index in [9.17, 15) is 9.59 Å². The minimum atomic E-state index is -0.393. The lowest BCUT2D eigenvalue weighted by Crippen LogP contribution is -2.26. The Bertz CT molecular complexity index is 817. The number of nitrogens with one attached hydrogen (secondary N) is 1. The molecule has 0 fully saturated rings. The number of rotatable bonds is 4. The van der Waals surface area contributed by atoms with Gasteiger partial charge in [-0.3, -0.25) is 4.79 Å². The standard InChI is InChI=1S/C18H20N2O3S2/c1-20-9-8-11-14(10-20)25-17(15(11)18(22)23-2)19-16(21)12-6-4-5-7-13(12)24-3/h4-7H,8-10H2,1-3H3,(H,19,21). The van der Waals surface area contributed by atoms with Crippen molar-refractivity contribution in [2.75, 3.05) is 32.3 Å². The molecule has 132 valence electrons. The van der Waals surface area contributed by atoms with Gasteiger partial charge in [-0.2, -0.15) is 0 Å². The summed E-state index contributed by atoms with van der Waals surface area (Å²) in [7, 11) is 3.42. The van der Waals surface area contributed by atoms with E-state index in [0.717, 1.165) is 34.8 Å². The lowest BCUT2D eigenvalue weighted by Gasteiger charge is -2.22. The van der Waals surface area contributed by atoms with E-state index in [1.54, 1.807) is 6.07 Å². The molecule has 0 aliphatic carbocycles. The number of esters is 1. The first-order valence-corrected chi connectivity index (χ1v) is 9.95. The van der Waals surface area contributed by atoms with Crippen molar-refractivity contribution in [1.29, 1.82) is 0 Å². The number of amides is 1. The quantitative estimate of drug-likeness (QED) is 0.654. The highest BCUT2D eigenvalue weighted by molar-refractivity contribution is 7.98. The van der Waals surface area contributed by atoms with E-state index < -0.39 is 5.97 Å². The smallest absolute Gasteiger partial charge is 0.341 e. The first-order valence-electron chi connectivity index (χ1n) is 7.91. The number of methoxy groups -OCH3 is 1. The molecule has 1 aromatic heterocycles. The van der Waals surface area contributed by atoms with Crippen LogP contribution in [-0.4, -0.2) is 43.7 Å². The van der Waals surface area contributed by atoms with Crippen molar-refractivity contribution in [2.24, 2.45) is 0 Å². The summed E-state index contributed by atoms with van der Waals surface area (Å²) in [6.45, 7) is 1.66. The third-order valence-electron chi connectivity index (χ3n) is 4.22. The first-order chi connectivity index (χ1) is 12.0. The van der Waals surface area contributed by atoms with Crippen molar-refractivity contribution in [3.05, 3.63) is 45.8 Å². The molecule has 0 radical (unpaired) electrons. The molecule has 0 atom stereocenters. The molecule has 0 unspecified atom stereocenters. The molecule has 25 heavy (non-hydrogen) atoms. The van der Waals surface area contributed by atoms with Gasteiger partial charge in [0.05, 0.1) is 18.2 Å². The van der Waals surface area contributed by atoms with Gasteiger partial charge in [-0.1, -0.05) is 12.1 Å². The van der Waals surface area contributed by atoms with Crippen LogP contribution in [0.3, 0.4) is 0 Å². The van der Waals surface area contributed by atoms with Crippen LogP contribution < -0.4 is 5.32 Å². The van der Waals surface area contributed by atoms with Crippen molar-refractivity contribution in [3.8, 4) is 0 Å². The molecule has 1 aliphatic heterocycles. The zero-order valence-corrected chi connectivity index (χ0v) is 16.1. The van der Waals surface area contributed by atoms with E-state index in [1.165, 1.54) is 30.2 Å². The van der Waals surface area contributed by atoms with E-state index in [4.69, 9.17) is 4.74 Å². The van der Waals surface area contributed by atoms with E-state index in [-0.39, 0.29) is 5.91 Å². The number of fused-ring (bicyclic) bond motifs is 1. The number of ether oxygens (including phenoxy) is 1. The van der Waals surface area contributed by atoms with Crippen molar-refractivity contribution in [2.45, 2.75) is 17.9 Å². The number of carbonyl (C=O) groups is 2. The molecule has 3 rings (SSSR count). The van der Waals surface area contributed by atoms with Crippen LogP contribution in [0, 0.1) is 0 Å². The number of hydrogen-bond acceptors (Lipinski definition) is 6. The van der Waals surface area contributed by atoms with Gasteiger partial charge in [0.25, 0.3) is 5.91 Å². The third kappa shape index (κ3) is 3.58. The molecule has 2 heterocycles. The summed E-state index contributed by atoms with van der Waals surface area (Å²) in [5.74, 6) is -0.599. The van der Waals surface area contributed by atoms with Gasteiger partial charge in [-0.15, -0.1) is 23.1 Å². The molecule has 7 heteroatoms. The molecule has 0 bridgehead atoms. The van der Waals surface area contributed by atoms with Gasteiger partial charge in [0.2, 0.25) is 0 Å². The second kappa shape index (κ2) is 7.59. The highest BCUT2D eigenvalue weighted by Crippen LogP contribution is 2.37. The fourth-order valence-corrected chi connectivity index (χ4v) is 4.85. The average molecular weight is 377 g/mol. The van der Waals surface area contributed by atoms with Crippen LogP contribution in [0.25, 0.3) is 0 Å². The number of benzene rings is 1. The molecule has 5 nitrogen and oxygen atoms in total. The van der Waals surface area contributed by atoms with Crippen LogP contribution >= 0.6 is 23.1 Å². The summed E-state index contributed by atoms with van der Waals surface area (Å²) in [4.78, 5) is 29.3. The van der Waals surface area contributed by atoms with Crippen molar-refractivity contribution in [1.82, 2.24) is 4.90 Å². The summed E-state index contributed by atoms with van der Waals surface area (Å²) in [5, 5.41) is 3.51. The van der Waals surface area contributed by atoms with Crippen LogP contribution in [-0.2, 0) is 17.7 Å². The van der Waals surface area contributed by atoms with Crippen molar-refractivity contribution >= 4 is 40.0 Å². The Kier molecular flexibility index (Phi) is 5.46. The van der Waals surface area contributed by atoms with Crippen LogP contribution in [0.15, 0.2) is 29.2 Å². The number of thiophene rings is 1. The van der Waals surface area contributed by atoms with E-state index in [0.29, 0.717) is 16.1 Å². The van der Waals surface area contributed by atoms with Gasteiger partial charge in [-0.25, -0.2) is 4.79 Å². The molecule has 1 aliphatic rings. The molecular formula is C18H20N2O3S2. The van der Waals surface area contributed by atoms with E-state index >= 15 is 0 Å². The zero-order valence-electron chi connectivity index (χ0n) is 14.4. The summed E-state index contributed by atoms with van der Waals surface area (Å²) in [6, 6.07) is 7.45. The number of carbonyl (C=O) groups excluding carboxylic acids is 2. The number of hydrogen-bond donors (Lipinski definition) is 1.